The molecule has 0 radical (unpaired) electrons. The smallest absolute Gasteiger partial charge is 0.410 e. The van der Waals surface area contributed by atoms with E-state index in [0.717, 1.165) is 35.4 Å². The van der Waals surface area contributed by atoms with Crippen LogP contribution in [0.3, 0.4) is 0 Å². The fraction of sp³-hybridized carbons (Fsp3) is 0.542. The molecule has 9 heteroatoms. The van der Waals surface area contributed by atoms with Crippen molar-refractivity contribution < 1.29 is 19.1 Å². The van der Waals surface area contributed by atoms with Gasteiger partial charge in [-0.15, -0.1) is 11.3 Å². The maximum atomic E-state index is 12.9. The van der Waals surface area contributed by atoms with Crippen molar-refractivity contribution in [2.24, 2.45) is 0 Å². The number of aromatic nitrogens is 2. The van der Waals surface area contributed by atoms with E-state index < -0.39 is 11.7 Å². The van der Waals surface area contributed by atoms with Crippen molar-refractivity contribution in [3.05, 3.63) is 29.3 Å². The van der Waals surface area contributed by atoms with Gasteiger partial charge >= 0.3 is 6.09 Å². The number of nitrogens with zero attached hydrogens (tertiary/aromatic N) is 4. The Morgan fingerprint density at radius 3 is 2.61 bits per heavy atom. The predicted octanol–water partition coefficient (Wildman–Crippen LogP) is 4.98. The summed E-state index contributed by atoms with van der Waals surface area (Å²) in [6, 6.07) is 4.46. The predicted molar refractivity (Wildman–Crippen MR) is 127 cm³/mol. The number of thiazole rings is 1. The van der Waals surface area contributed by atoms with Gasteiger partial charge in [-0.2, -0.15) is 4.98 Å². The number of amides is 1. The summed E-state index contributed by atoms with van der Waals surface area (Å²) in [6.45, 7) is 8.70. The second-order valence-electron chi connectivity index (χ2n) is 9.92. The first-order chi connectivity index (χ1) is 15.7. The Kier molecular flexibility index (Phi) is 5.56. The van der Waals surface area contributed by atoms with Gasteiger partial charge in [-0.05, 0) is 53.0 Å². The second-order valence-corrected chi connectivity index (χ2v) is 10.8. The normalized spacial score (nSPS) is 22.0. The Hall–Kier alpha value is -2.65. The molecule has 2 bridgehead atoms. The molecule has 1 N–H and O–H groups in total. The molecule has 3 aromatic rings. The van der Waals surface area contributed by atoms with Crippen LogP contribution in [0.1, 0.15) is 58.6 Å². The number of hydrogen-bond acceptors (Lipinski definition) is 8. The topological polar surface area (TPSA) is 91.9 Å². The van der Waals surface area contributed by atoms with Crippen LogP contribution in [0.5, 0.6) is 0 Å². The molecule has 2 aliphatic heterocycles. The highest BCUT2D eigenvalue weighted by atomic mass is 32.1. The third-order valence-electron chi connectivity index (χ3n) is 6.27. The number of piperazine rings is 1. The minimum Gasteiger partial charge on any atom is -0.444 e. The van der Waals surface area contributed by atoms with Crippen molar-refractivity contribution in [3.8, 4) is 10.6 Å². The molecule has 0 aliphatic carbocycles. The van der Waals surface area contributed by atoms with Crippen molar-refractivity contribution in [1.82, 2.24) is 14.9 Å². The highest BCUT2D eigenvalue weighted by Crippen LogP contribution is 2.38. The van der Waals surface area contributed by atoms with E-state index in [9.17, 15) is 9.90 Å². The number of rotatable bonds is 3. The quantitative estimate of drug-likeness (QED) is 0.577. The number of fused-ring (bicyclic) bond motifs is 3. The van der Waals surface area contributed by atoms with Gasteiger partial charge in [0.15, 0.2) is 5.58 Å². The molecule has 5 rings (SSSR count). The van der Waals surface area contributed by atoms with Gasteiger partial charge in [0.2, 0.25) is 0 Å². The highest BCUT2D eigenvalue weighted by molar-refractivity contribution is 7.13. The fourth-order valence-electron chi connectivity index (χ4n) is 4.89. The van der Waals surface area contributed by atoms with E-state index in [1.807, 2.05) is 43.2 Å². The minimum atomic E-state index is -0.667. The first kappa shape index (κ1) is 22.2. The minimum absolute atomic E-state index is 0.0528. The number of carbonyl (C=O) groups is 1. The van der Waals surface area contributed by atoms with Crippen LogP contribution in [0, 0.1) is 0 Å². The van der Waals surface area contributed by atoms with Crippen LogP contribution in [0.15, 0.2) is 28.1 Å². The van der Waals surface area contributed by atoms with Crippen molar-refractivity contribution in [1.29, 1.82) is 0 Å². The lowest BCUT2D eigenvalue weighted by atomic mass is 9.92. The Balaban J connectivity index is 1.48. The van der Waals surface area contributed by atoms with E-state index >= 15 is 0 Å². The second kappa shape index (κ2) is 8.29. The largest absolute Gasteiger partial charge is 0.444 e. The van der Waals surface area contributed by atoms with Crippen LogP contribution in [0.4, 0.5) is 10.8 Å². The number of oxazole rings is 1. The van der Waals surface area contributed by atoms with Gasteiger partial charge in [0, 0.05) is 30.2 Å². The van der Waals surface area contributed by atoms with Gasteiger partial charge in [-0.3, -0.25) is 4.90 Å². The summed E-state index contributed by atoms with van der Waals surface area (Å²) in [7, 11) is 0. The van der Waals surface area contributed by atoms with E-state index in [2.05, 4.69) is 9.88 Å². The van der Waals surface area contributed by atoms with Crippen LogP contribution in [-0.4, -0.2) is 56.8 Å². The standard InChI is InChI=1S/C24H30N4O4S/c1-14(29)17-8-9-18(21-25-10-11-33-21)20-19(17)26-22(31-20)27-12-15-6-5-7-16(13-27)28(15)23(30)32-24(2,3)4/h8-11,14-16,29H,5-7,12-13H2,1-4H3. The van der Waals surface area contributed by atoms with Gasteiger partial charge in [0.1, 0.15) is 16.1 Å². The third kappa shape index (κ3) is 4.19. The Morgan fingerprint density at radius 2 is 2.00 bits per heavy atom. The molecule has 3 atom stereocenters. The van der Waals surface area contributed by atoms with Gasteiger partial charge < -0.3 is 19.2 Å². The van der Waals surface area contributed by atoms with Crippen molar-refractivity contribution in [3.63, 3.8) is 0 Å². The summed E-state index contributed by atoms with van der Waals surface area (Å²) in [4.78, 5) is 26.2. The summed E-state index contributed by atoms with van der Waals surface area (Å²) in [5, 5.41) is 13.1. The lowest BCUT2D eigenvalue weighted by molar-refractivity contribution is -0.0102. The number of ether oxygens (including phenoxy) is 1. The molecule has 2 fully saturated rings. The summed E-state index contributed by atoms with van der Waals surface area (Å²) in [5.74, 6) is 0. The molecule has 8 nitrogen and oxygen atoms in total. The number of piperidine rings is 1. The average molecular weight is 471 g/mol. The van der Waals surface area contributed by atoms with Crippen LogP contribution in [0.2, 0.25) is 0 Å². The number of carbonyl (C=O) groups excluding carboxylic acids is 1. The average Bonchev–Trinajstić information content (AvgIpc) is 3.41. The van der Waals surface area contributed by atoms with E-state index in [1.54, 1.807) is 13.1 Å². The maximum absolute atomic E-state index is 12.9. The molecular formula is C24H30N4O4S. The molecule has 33 heavy (non-hydrogen) atoms. The monoisotopic (exact) mass is 470 g/mol. The molecule has 1 amide bonds. The molecule has 0 saturated carbocycles. The van der Waals surface area contributed by atoms with E-state index in [4.69, 9.17) is 14.1 Å². The third-order valence-corrected chi connectivity index (χ3v) is 7.08. The first-order valence-corrected chi connectivity index (χ1v) is 12.4. The van der Waals surface area contributed by atoms with Crippen LogP contribution >= 0.6 is 11.3 Å². The fourth-order valence-corrected chi connectivity index (χ4v) is 5.55. The van der Waals surface area contributed by atoms with Crippen LogP contribution in [-0.2, 0) is 4.74 Å². The number of aliphatic hydroxyl groups excluding tert-OH is 1. The summed E-state index contributed by atoms with van der Waals surface area (Å²) >= 11 is 1.54. The van der Waals surface area contributed by atoms with Crippen molar-refractivity contribution >= 4 is 34.5 Å². The van der Waals surface area contributed by atoms with E-state index in [1.165, 1.54) is 11.3 Å². The molecule has 176 valence electrons. The van der Waals surface area contributed by atoms with Crippen LogP contribution in [0.25, 0.3) is 21.7 Å². The molecule has 4 heterocycles. The molecule has 2 aliphatic rings. The molecule has 3 unspecified atom stereocenters. The van der Waals surface area contributed by atoms with E-state index in [-0.39, 0.29) is 18.2 Å². The number of benzene rings is 1. The molecule has 2 saturated heterocycles. The molecule has 0 spiro atoms. The van der Waals surface area contributed by atoms with Gasteiger partial charge in [-0.1, -0.05) is 6.07 Å². The van der Waals surface area contributed by atoms with Gasteiger partial charge in [-0.25, -0.2) is 9.78 Å². The number of anilines is 1. The maximum Gasteiger partial charge on any atom is 0.410 e. The highest BCUT2D eigenvalue weighted by Gasteiger charge is 2.43. The lowest BCUT2D eigenvalue weighted by Crippen LogP contribution is -2.63. The van der Waals surface area contributed by atoms with Crippen molar-refractivity contribution in [2.45, 2.75) is 70.7 Å². The lowest BCUT2D eigenvalue weighted by Gasteiger charge is -2.49. The van der Waals surface area contributed by atoms with Crippen molar-refractivity contribution in [2.75, 3.05) is 18.0 Å². The SMILES string of the molecule is CC(O)c1ccc(-c2nccs2)c2oc(N3CC4CCCC(C3)N4C(=O)OC(C)(C)C)nc12. The van der Waals surface area contributed by atoms with Gasteiger partial charge in [0.25, 0.3) is 6.01 Å². The zero-order chi connectivity index (χ0) is 23.3. The number of aliphatic hydroxyl groups is 1. The molecule has 1 aromatic carbocycles. The molecular weight excluding hydrogens is 440 g/mol. The summed E-state index contributed by atoms with van der Waals surface area (Å²) < 4.78 is 12.0. The summed E-state index contributed by atoms with van der Waals surface area (Å²) in [5.41, 5.74) is 2.38. The Labute approximate surface area is 197 Å². The summed E-state index contributed by atoms with van der Waals surface area (Å²) in [6.07, 6.45) is 3.81. The van der Waals surface area contributed by atoms with Crippen LogP contribution < -0.4 is 4.90 Å². The first-order valence-electron chi connectivity index (χ1n) is 11.5. The van der Waals surface area contributed by atoms with E-state index in [0.29, 0.717) is 30.2 Å². The van der Waals surface area contributed by atoms with Gasteiger partial charge in [0.05, 0.1) is 23.8 Å². The number of hydrogen-bond donors (Lipinski definition) is 1. The Morgan fingerprint density at radius 1 is 1.27 bits per heavy atom. The zero-order valence-corrected chi connectivity index (χ0v) is 20.3. The Bertz CT molecular complexity index is 1140. The zero-order valence-electron chi connectivity index (χ0n) is 19.4. The molecule has 2 aromatic heterocycles.